The Labute approximate surface area is 199 Å². The van der Waals surface area contributed by atoms with E-state index in [9.17, 15) is 14.4 Å². The molecule has 1 saturated carbocycles. The molecule has 8 heteroatoms. The number of methoxy groups -OCH3 is 2. The van der Waals surface area contributed by atoms with Gasteiger partial charge in [-0.15, -0.1) is 0 Å². The van der Waals surface area contributed by atoms with E-state index in [-0.39, 0.29) is 30.2 Å². The van der Waals surface area contributed by atoms with Gasteiger partial charge in [0.25, 0.3) is 5.91 Å². The third-order valence-electron chi connectivity index (χ3n) is 6.61. The minimum Gasteiger partial charge on any atom is -0.494 e. The number of likely N-dealkylation sites (tertiary alicyclic amines) is 1. The molecular weight excluding hydrogens is 434 g/mol. The zero-order valence-electron chi connectivity index (χ0n) is 19.6. The molecule has 0 aromatic heterocycles. The van der Waals surface area contributed by atoms with Gasteiger partial charge in [-0.3, -0.25) is 14.4 Å². The van der Waals surface area contributed by atoms with Crippen molar-refractivity contribution in [1.82, 2.24) is 4.90 Å². The molecule has 34 heavy (non-hydrogen) atoms. The molecule has 1 atom stereocenters. The number of nitrogens with zero attached hydrogens (tertiary/aromatic N) is 1. The van der Waals surface area contributed by atoms with Crippen molar-refractivity contribution in [3.05, 3.63) is 48.0 Å². The Bertz CT molecular complexity index is 1050. The summed E-state index contributed by atoms with van der Waals surface area (Å²) in [4.78, 5) is 40.1. The third-order valence-corrected chi connectivity index (χ3v) is 6.61. The zero-order chi connectivity index (χ0) is 24.1. The van der Waals surface area contributed by atoms with E-state index in [0.29, 0.717) is 35.0 Å². The Hall–Kier alpha value is -3.55. The number of ether oxygens (including phenoxy) is 2. The maximum Gasteiger partial charge on any atom is 0.255 e. The van der Waals surface area contributed by atoms with Gasteiger partial charge in [-0.25, -0.2) is 0 Å². The van der Waals surface area contributed by atoms with Gasteiger partial charge in [0.1, 0.15) is 11.5 Å². The number of nitrogens with one attached hydrogen (secondary N) is 2. The molecule has 0 unspecified atom stereocenters. The molecule has 1 saturated heterocycles. The van der Waals surface area contributed by atoms with Gasteiger partial charge in [0.15, 0.2) is 0 Å². The van der Waals surface area contributed by atoms with Gasteiger partial charge in [-0.1, -0.05) is 37.5 Å². The number of benzene rings is 2. The van der Waals surface area contributed by atoms with E-state index in [4.69, 9.17) is 9.47 Å². The van der Waals surface area contributed by atoms with E-state index < -0.39 is 5.92 Å². The summed E-state index contributed by atoms with van der Waals surface area (Å²) >= 11 is 0. The maximum absolute atomic E-state index is 13.0. The lowest BCUT2D eigenvalue weighted by Crippen LogP contribution is -2.38. The van der Waals surface area contributed by atoms with Crippen LogP contribution in [0.1, 0.15) is 48.9 Å². The minimum atomic E-state index is -0.414. The Balaban J connectivity index is 1.47. The van der Waals surface area contributed by atoms with Crippen molar-refractivity contribution in [2.24, 2.45) is 5.92 Å². The molecule has 2 N–H and O–H groups in total. The Morgan fingerprint density at radius 3 is 2.15 bits per heavy atom. The Morgan fingerprint density at radius 1 is 0.912 bits per heavy atom. The van der Waals surface area contributed by atoms with Crippen molar-refractivity contribution in [2.45, 2.75) is 44.6 Å². The van der Waals surface area contributed by atoms with Crippen LogP contribution in [0.15, 0.2) is 42.5 Å². The van der Waals surface area contributed by atoms with E-state index in [2.05, 4.69) is 10.6 Å². The molecule has 2 aliphatic rings. The van der Waals surface area contributed by atoms with Crippen LogP contribution in [0.25, 0.3) is 0 Å². The Morgan fingerprint density at radius 2 is 1.53 bits per heavy atom. The highest BCUT2D eigenvalue weighted by molar-refractivity contribution is 6.06. The van der Waals surface area contributed by atoms with Gasteiger partial charge in [0.2, 0.25) is 11.8 Å². The quantitative estimate of drug-likeness (QED) is 0.642. The summed E-state index contributed by atoms with van der Waals surface area (Å²) in [6.07, 6.45) is 5.73. The number of hydrogen-bond acceptors (Lipinski definition) is 5. The predicted octanol–water partition coefficient (Wildman–Crippen LogP) is 4.08. The van der Waals surface area contributed by atoms with Crippen molar-refractivity contribution in [3.63, 3.8) is 0 Å². The van der Waals surface area contributed by atoms with Crippen LogP contribution in [0.4, 0.5) is 11.4 Å². The van der Waals surface area contributed by atoms with E-state index >= 15 is 0 Å². The SMILES string of the molecule is COc1cc(NC(=O)[C@H]2CC(=O)N(C3CCCCC3)C2)c(OC)cc1NC(=O)c1ccccc1. The molecular formula is C26H31N3O5. The van der Waals surface area contributed by atoms with E-state index in [1.165, 1.54) is 20.6 Å². The van der Waals surface area contributed by atoms with E-state index in [1.807, 2.05) is 11.0 Å². The van der Waals surface area contributed by atoms with Gasteiger partial charge in [-0.2, -0.15) is 0 Å². The summed E-state index contributed by atoms with van der Waals surface area (Å²) in [5, 5.41) is 5.73. The average Bonchev–Trinajstić information content (AvgIpc) is 3.27. The molecule has 2 fully saturated rings. The molecule has 0 spiro atoms. The molecule has 3 amide bonds. The second-order valence-electron chi connectivity index (χ2n) is 8.80. The fraction of sp³-hybridized carbons (Fsp3) is 0.423. The largest absolute Gasteiger partial charge is 0.494 e. The van der Waals surface area contributed by atoms with Gasteiger partial charge >= 0.3 is 0 Å². The maximum atomic E-state index is 13.0. The molecule has 8 nitrogen and oxygen atoms in total. The highest BCUT2D eigenvalue weighted by Crippen LogP contribution is 2.37. The van der Waals surface area contributed by atoms with Crippen molar-refractivity contribution < 1.29 is 23.9 Å². The number of carbonyl (C=O) groups excluding carboxylic acids is 3. The second-order valence-corrected chi connectivity index (χ2v) is 8.80. The van der Waals surface area contributed by atoms with Crippen molar-refractivity contribution in [1.29, 1.82) is 0 Å². The summed E-state index contributed by atoms with van der Waals surface area (Å²) in [6.45, 7) is 0.444. The molecule has 180 valence electrons. The summed E-state index contributed by atoms with van der Waals surface area (Å²) in [6, 6.07) is 12.3. The lowest BCUT2D eigenvalue weighted by atomic mass is 9.94. The smallest absolute Gasteiger partial charge is 0.255 e. The van der Waals surface area contributed by atoms with Crippen LogP contribution in [0.5, 0.6) is 11.5 Å². The first-order chi connectivity index (χ1) is 16.5. The highest BCUT2D eigenvalue weighted by atomic mass is 16.5. The van der Waals surface area contributed by atoms with Gasteiger partial charge in [0.05, 0.1) is 31.5 Å². The first kappa shape index (κ1) is 23.6. The molecule has 1 heterocycles. The number of anilines is 2. The number of carbonyl (C=O) groups is 3. The lowest BCUT2D eigenvalue weighted by molar-refractivity contribution is -0.130. The number of amides is 3. The lowest BCUT2D eigenvalue weighted by Gasteiger charge is -2.31. The fourth-order valence-corrected chi connectivity index (χ4v) is 4.76. The summed E-state index contributed by atoms with van der Waals surface area (Å²) in [7, 11) is 2.98. The van der Waals surface area contributed by atoms with Crippen LogP contribution in [0, 0.1) is 5.92 Å². The van der Waals surface area contributed by atoms with Crippen LogP contribution < -0.4 is 20.1 Å². The van der Waals surface area contributed by atoms with Crippen LogP contribution in [-0.2, 0) is 9.59 Å². The third kappa shape index (κ3) is 5.16. The Kier molecular flexibility index (Phi) is 7.35. The van der Waals surface area contributed by atoms with Crippen molar-refractivity contribution in [2.75, 3.05) is 31.4 Å². The molecule has 1 aliphatic heterocycles. The summed E-state index contributed by atoms with van der Waals surface area (Å²) in [5.74, 6) is -0.117. The highest BCUT2D eigenvalue weighted by Gasteiger charge is 2.38. The monoisotopic (exact) mass is 465 g/mol. The van der Waals surface area contributed by atoms with Crippen LogP contribution in [0.2, 0.25) is 0 Å². The van der Waals surface area contributed by atoms with Crippen LogP contribution >= 0.6 is 0 Å². The van der Waals surface area contributed by atoms with Gasteiger partial charge in [0, 0.05) is 36.7 Å². The number of rotatable bonds is 7. The topological polar surface area (TPSA) is 97.0 Å². The number of hydrogen-bond donors (Lipinski definition) is 2. The summed E-state index contributed by atoms with van der Waals surface area (Å²) < 4.78 is 10.9. The molecule has 0 bridgehead atoms. The summed E-state index contributed by atoms with van der Waals surface area (Å²) in [5.41, 5.74) is 1.35. The molecule has 2 aromatic rings. The predicted molar refractivity (Wildman–Crippen MR) is 129 cm³/mol. The van der Waals surface area contributed by atoms with Crippen molar-refractivity contribution >= 4 is 29.1 Å². The normalized spacial score (nSPS) is 18.5. The fourth-order valence-electron chi connectivity index (χ4n) is 4.76. The van der Waals surface area contributed by atoms with Crippen molar-refractivity contribution in [3.8, 4) is 11.5 Å². The minimum absolute atomic E-state index is 0.0515. The zero-order valence-corrected chi connectivity index (χ0v) is 19.6. The van der Waals surface area contributed by atoms with Gasteiger partial charge in [-0.05, 0) is 25.0 Å². The molecule has 1 aliphatic carbocycles. The van der Waals surface area contributed by atoms with Crippen LogP contribution in [0.3, 0.4) is 0 Å². The van der Waals surface area contributed by atoms with Gasteiger partial charge < -0.3 is 25.0 Å². The first-order valence-corrected chi connectivity index (χ1v) is 11.7. The molecule has 4 rings (SSSR count). The van der Waals surface area contributed by atoms with Crippen LogP contribution in [-0.4, -0.2) is 49.4 Å². The molecule has 2 aromatic carbocycles. The first-order valence-electron chi connectivity index (χ1n) is 11.7. The van der Waals surface area contributed by atoms with E-state index in [0.717, 1.165) is 25.7 Å². The molecule has 0 radical (unpaired) electrons. The standard InChI is InChI=1S/C26H31N3O5/c1-33-22-15-21(23(34-2)14-20(22)27-25(31)17-9-5-3-6-10-17)28-26(32)18-13-24(30)29(16-18)19-11-7-4-8-12-19/h3,5-6,9-10,14-15,18-19H,4,7-8,11-13,16H2,1-2H3,(H,27,31)(H,28,32)/t18-/m0/s1. The second kappa shape index (κ2) is 10.6. The van der Waals surface area contributed by atoms with E-state index in [1.54, 1.807) is 36.4 Å². The average molecular weight is 466 g/mol.